The summed E-state index contributed by atoms with van der Waals surface area (Å²) >= 11 is 8.55. The number of amides is 1. The van der Waals surface area contributed by atoms with Gasteiger partial charge >= 0.3 is 0 Å². The molecular weight excluding hydrogens is 271 g/mol. The molecule has 1 rings (SSSR count). The summed E-state index contributed by atoms with van der Waals surface area (Å²) in [6.45, 7) is 3.62. The second-order valence-corrected chi connectivity index (χ2v) is 4.40. The quantitative estimate of drug-likeness (QED) is 0.863. The van der Waals surface area contributed by atoms with Gasteiger partial charge in [-0.1, -0.05) is 5.16 Å². The average Bonchev–Trinajstić information content (AvgIpc) is 2.51. The van der Waals surface area contributed by atoms with Gasteiger partial charge in [-0.05, 0) is 29.8 Å². The Labute approximate surface area is 95.1 Å². The van der Waals surface area contributed by atoms with Gasteiger partial charge in [0.15, 0.2) is 5.76 Å². The van der Waals surface area contributed by atoms with E-state index in [4.69, 9.17) is 16.1 Å². The van der Waals surface area contributed by atoms with Crippen molar-refractivity contribution in [2.75, 3.05) is 5.88 Å². The zero-order valence-electron chi connectivity index (χ0n) is 7.80. The highest BCUT2D eigenvalue weighted by atomic mass is 79.9. The molecule has 0 aliphatic rings. The van der Waals surface area contributed by atoms with E-state index in [2.05, 4.69) is 26.4 Å². The number of rotatable bonds is 3. The number of hydrogen-bond acceptors (Lipinski definition) is 3. The number of carbonyl (C=O) groups is 1. The summed E-state index contributed by atoms with van der Waals surface area (Å²) in [4.78, 5) is 11.1. The van der Waals surface area contributed by atoms with Gasteiger partial charge in [-0.25, -0.2) is 0 Å². The molecule has 0 radical (unpaired) electrons. The molecule has 1 aromatic rings. The molecule has 0 atom stereocenters. The second kappa shape index (κ2) is 4.31. The highest BCUT2D eigenvalue weighted by molar-refractivity contribution is 9.10. The Bertz CT molecular complexity index is 338. The van der Waals surface area contributed by atoms with Gasteiger partial charge in [0.1, 0.15) is 10.5 Å². The van der Waals surface area contributed by atoms with Crippen molar-refractivity contribution in [3.05, 3.63) is 16.4 Å². The van der Waals surface area contributed by atoms with Gasteiger partial charge in [-0.15, -0.1) is 11.6 Å². The van der Waals surface area contributed by atoms with Crippen LogP contribution in [0.2, 0.25) is 0 Å². The number of alkyl halides is 1. The molecule has 0 bridgehead atoms. The molecule has 0 unspecified atom stereocenters. The molecule has 0 aliphatic carbocycles. The Hall–Kier alpha value is -0.550. The molecule has 4 nitrogen and oxygen atoms in total. The molecule has 6 heteroatoms. The average molecular weight is 282 g/mol. The molecule has 0 saturated heterocycles. The largest absolute Gasteiger partial charge is 0.358 e. The lowest BCUT2D eigenvalue weighted by molar-refractivity contribution is -0.120. The van der Waals surface area contributed by atoms with Gasteiger partial charge in [0.25, 0.3) is 0 Å². The first-order valence-electron chi connectivity index (χ1n) is 3.95. The monoisotopic (exact) mass is 280 g/mol. The normalized spacial score (nSPS) is 11.4. The molecule has 14 heavy (non-hydrogen) atoms. The van der Waals surface area contributed by atoms with E-state index in [1.807, 2.05) is 13.8 Å². The molecule has 0 aromatic carbocycles. The molecule has 1 amide bonds. The van der Waals surface area contributed by atoms with E-state index in [9.17, 15) is 4.79 Å². The van der Waals surface area contributed by atoms with Crippen molar-refractivity contribution in [3.63, 3.8) is 0 Å². The summed E-state index contributed by atoms with van der Waals surface area (Å²) in [5, 5.41) is 6.38. The number of hydrogen-bond donors (Lipinski definition) is 1. The van der Waals surface area contributed by atoms with Crippen molar-refractivity contribution in [1.82, 2.24) is 10.5 Å². The maximum atomic E-state index is 11.1. The van der Waals surface area contributed by atoms with E-state index in [-0.39, 0.29) is 11.8 Å². The molecule has 0 saturated carbocycles. The van der Waals surface area contributed by atoms with Gasteiger partial charge < -0.3 is 9.84 Å². The number of carbonyl (C=O) groups excluding carboxylic acids is 1. The summed E-state index contributed by atoms with van der Waals surface area (Å²) in [5.74, 6) is 0.255. The summed E-state index contributed by atoms with van der Waals surface area (Å²) in [5.41, 5.74) is -0.606. The van der Waals surface area contributed by atoms with Crippen LogP contribution in [0.3, 0.4) is 0 Å². The minimum Gasteiger partial charge on any atom is -0.358 e. The fourth-order valence-corrected chi connectivity index (χ4v) is 1.34. The van der Waals surface area contributed by atoms with Crippen molar-refractivity contribution in [1.29, 1.82) is 0 Å². The van der Waals surface area contributed by atoms with Crippen LogP contribution in [0.25, 0.3) is 0 Å². The summed E-state index contributed by atoms with van der Waals surface area (Å²) in [6, 6.07) is 1.70. The molecule has 0 aliphatic heterocycles. The Balaban J connectivity index is 2.79. The van der Waals surface area contributed by atoms with Crippen LogP contribution in [0, 0.1) is 0 Å². The van der Waals surface area contributed by atoms with Gasteiger partial charge in [0.05, 0.1) is 5.54 Å². The van der Waals surface area contributed by atoms with Crippen molar-refractivity contribution in [2.24, 2.45) is 0 Å². The van der Waals surface area contributed by atoms with E-state index in [1.54, 1.807) is 6.07 Å². The molecule has 1 aromatic heterocycles. The van der Waals surface area contributed by atoms with Crippen molar-refractivity contribution in [2.45, 2.75) is 19.4 Å². The predicted octanol–water partition coefficient (Wildman–Crippen LogP) is 2.03. The van der Waals surface area contributed by atoms with E-state index in [1.165, 1.54) is 0 Å². The zero-order chi connectivity index (χ0) is 10.8. The van der Waals surface area contributed by atoms with Gasteiger partial charge in [-0.2, -0.15) is 0 Å². The zero-order valence-corrected chi connectivity index (χ0v) is 10.1. The first-order valence-corrected chi connectivity index (χ1v) is 5.28. The molecule has 1 heterocycles. The molecular formula is C8H10BrClN2O2. The van der Waals surface area contributed by atoms with E-state index >= 15 is 0 Å². The Kier molecular flexibility index (Phi) is 3.55. The lowest BCUT2D eigenvalue weighted by Gasteiger charge is -2.22. The summed E-state index contributed by atoms with van der Waals surface area (Å²) in [6.07, 6.45) is 0. The van der Waals surface area contributed by atoms with Crippen LogP contribution < -0.4 is 5.32 Å². The highest BCUT2D eigenvalue weighted by Gasteiger charge is 2.26. The minimum atomic E-state index is -0.606. The topological polar surface area (TPSA) is 55.1 Å². The number of aromatic nitrogens is 1. The van der Waals surface area contributed by atoms with Crippen LogP contribution in [-0.4, -0.2) is 16.9 Å². The smallest absolute Gasteiger partial charge is 0.235 e. The van der Waals surface area contributed by atoms with Crippen molar-refractivity contribution in [3.8, 4) is 0 Å². The standard InChI is InChI=1S/C8H10BrClN2O2/c1-8(2,11-7(13)4-10)5-3-6(9)12-14-5/h3H,4H2,1-2H3,(H,11,13). The van der Waals surface area contributed by atoms with E-state index < -0.39 is 5.54 Å². The van der Waals surface area contributed by atoms with Crippen LogP contribution in [0.15, 0.2) is 15.2 Å². The predicted molar refractivity (Wildman–Crippen MR) is 56.1 cm³/mol. The first kappa shape index (κ1) is 11.5. The van der Waals surface area contributed by atoms with Gasteiger partial charge in [0, 0.05) is 6.07 Å². The first-order chi connectivity index (χ1) is 6.45. The number of nitrogens with zero attached hydrogens (tertiary/aromatic N) is 1. The second-order valence-electron chi connectivity index (χ2n) is 3.32. The van der Waals surface area contributed by atoms with Crippen molar-refractivity contribution < 1.29 is 9.32 Å². The van der Waals surface area contributed by atoms with Crippen LogP contribution in [0.5, 0.6) is 0 Å². The third-order valence-electron chi connectivity index (χ3n) is 1.67. The highest BCUT2D eigenvalue weighted by Crippen LogP contribution is 2.22. The minimum absolute atomic E-state index is 0.0707. The summed E-state index contributed by atoms with van der Waals surface area (Å²) in [7, 11) is 0. The molecule has 0 spiro atoms. The fourth-order valence-electron chi connectivity index (χ4n) is 0.992. The Morgan fingerprint density at radius 1 is 1.79 bits per heavy atom. The molecule has 0 fully saturated rings. The third kappa shape index (κ3) is 2.72. The lowest BCUT2D eigenvalue weighted by atomic mass is 10.0. The van der Waals surface area contributed by atoms with Gasteiger partial charge in [-0.3, -0.25) is 4.79 Å². The maximum absolute atomic E-state index is 11.1. The van der Waals surface area contributed by atoms with Crippen LogP contribution in [0.1, 0.15) is 19.6 Å². The number of nitrogens with one attached hydrogen (secondary N) is 1. The SMILES string of the molecule is CC(C)(NC(=O)CCl)c1cc(Br)no1. The van der Waals surface area contributed by atoms with E-state index in [0.717, 1.165) is 0 Å². The molecule has 1 N–H and O–H groups in total. The maximum Gasteiger partial charge on any atom is 0.235 e. The Morgan fingerprint density at radius 2 is 2.43 bits per heavy atom. The third-order valence-corrected chi connectivity index (χ3v) is 2.29. The lowest BCUT2D eigenvalue weighted by Crippen LogP contribution is -2.41. The summed E-state index contributed by atoms with van der Waals surface area (Å²) < 4.78 is 5.62. The van der Waals surface area contributed by atoms with Crippen molar-refractivity contribution >= 4 is 33.4 Å². The Morgan fingerprint density at radius 3 is 2.86 bits per heavy atom. The van der Waals surface area contributed by atoms with E-state index in [0.29, 0.717) is 10.4 Å². The molecule has 78 valence electrons. The number of halogens is 2. The fraction of sp³-hybridized carbons (Fsp3) is 0.500. The van der Waals surface area contributed by atoms with Crippen LogP contribution in [0.4, 0.5) is 0 Å². The van der Waals surface area contributed by atoms with Gasteiger partial charge in [0.2, 0.25) is 5.91 Å². The van der Waals surface area contributed by atoms with Crippen LogP contribution in [-0.2, 0) is 10.3 Å². The van der Waals surface area contributed by atoms with Crippen LogP contribution >= 0.6 is 27.5 Å².